The van der Waals surface area contributed by atoms with Crippen molar-refractivity contribution in [3.05, 3.63) is 59.2 Å². The molecule has 0 radical (unpaired) electrons. The van der Waals surface area contributed by atoms with Crippen LogP contribution in [0, 0.1) is 0 Å². The molecule has 0 saturated carbocycles. The molecule has 0 saturated heterocycles. The SMILES string of the molecule is N[C@@H](CO)c1ccc2c(c1)Cc1ccccc1-2. The van der Waals surface area contributed by atoms with Crippen LogP contribution in [0.3, 0.4) is 0 Å². The van der Waals surface area contributed by atoms with Crippen molar-refractivity contribution in [3.63, 3.8) is 0 Å². The molecular weight excluding hydrogens is 210 g/mol. The van der Waals surface area contributed by atoms with Gasteiger partial charge in [0.05, 0.1) is 12.6 Å². The average Bonchev–Trinajstić information content (AvgIpc) is 2.75. The van der Waals surface area contributed by atoms with E-state index in [0.717, 1.165) is 12.0 Å². The van der Waals surface area contributed by atoms with Gasteiger partial charge >= 0.3 is 0 Å². The van der Waals surface area contributed by atoms with E-state index in [1.54, 1.807) is 0 Å². The number of aliphatic hydroxyl groups excluding tert-OH is 1. The van der Waals surface area contributed by atoms with Crippen molar-refractivity contribution in [3.8, 4) is 11.1 Å². The van der Waals surface area contributed by atoms with E-state index < -0.39 is 0 Å². The van der Waals surface area contributed by atoms with Gasteiger partial charge in [-0.15, -0.1) is 0 Å². The summed E-state index contributed by atoms with van der Waals surface area (Å²) in [4.78, 5) is 0. The van der Waals surface area contributed by atoms with Crippen LogP contribution < -0.4 is 5.73 Å². The zero-order valence-corrected chi connectivity index (χ0v) is 9.56. The lowest BCUT2D eigenvalue weighted by Crippen LogP contribution is -2.14. The monoisotopic (exact) mass is 225 g/mol. The average molecular weight is 225 g/mol. The summed E-state index contributed by atoms with van der Waals surface area (Å²) in [7, 11) is 0. The van der Waals surface area contributed by atoms with Gasteiger partial charge in [0.15, 0.2) is 0 Å². The molecule has 0 unspecified atom stereocenters. The highest BCUT2D eigenvalue weighted by Crippen LogP contribution is 2.37. The van der Waals surface area contributed by atoms with E-state index in [9.17, 15) is 0 Å². The molecule has 2 aromatic carbocycles. The van der Waals surface area contributed by atoms with Crippen molar-refractivity contribution < 1.29 is 5.11 Å². The molecule has 0 aromatic heterocycles. The number of nitrogens with two attached hydrogens (primary N) is 1. The van der Waals surface area contributed by atoms with E-state index in [4.69, 9.17) is 10.8 Å². The normalized spacial score (nSPS) is 14.2. The van der Waals surface area contributed by atoms with Gasteiger partial charge in [-0.1, -0.05) is 42.5 Å². The van der Waals surface area contributed by atoms with Crippen LogP contribution in [0.1, 0.15) is 22.7 Å². The Bertz CT molecular complexity index is 563. The van der Waals surface area contributed by atoms with E-state index in [-0.39, 0.29) is 12.6 Å². The minimum absolute atomic E-state index is 0.00820. The van der Waals surface area contributed by atoms with Crippen molar-refractivity contribution in [2.75, 3.05) is 6.61 Å². The minimum atomic E-state index is -0.274. The molecule has 2 aromatic rings. The number of hydrogen-bond acceptors (Lipinski definition) is 2. The quantitative estimate of drug-likeness (QED) is 0.702. The Kier molecular flexibility index (Phi) is 2.46. The maximum Gasteiger partial charge on any atom is 0.0624 e. The summed E-state index contributed by atoms with van der Waals surface area (Å²) in [5.41, 5.74) is 12.2. The van der Waals surface area contributed by atoms with Gasteiger partial charge in [0.2, 0.25) is 0 Å². The molecule has 0 fully saturated rings. The Morgan fingerprint density at radius 1 is 1.06 bits per heavy atom. The fourth-order valence-electron chi connectivity index (χ4n) is 2.50. The summed E-state index contributed by atoms with van der Waals surface area (Å²) in [6.45, 7) is -0.00820. The molecule has 0 spiro atoms. The van der Waals surface area contributed by atoms with Gasteiger partial charge in [0.1, 0.15) is 0 Å². The highest BCUT2D eigenvalue weighted by Gasteiger charge is 2.18. The lowest BCUT2D eigenvalue weighted by molar-refractivity contribution is 0.268. The Balaban J connectivity index is 2.07. The van der Waals surface area contributed by atoms with Gasteiger partial charge in [0, 0.05) is 0 Å². The third-order valence-corrected chi connectivity index (χ3v) is 3.44. The van der Waals surface area contributed by atoms with Crippen LogP contribution in [0.5, 0.6) is 0 Å². The van der Waals surface area contributed by atoms with Crippen LogP contribution in [0.25, 0.3) is 11.1 Å². The summed E-state index contributed by atoms with van der Waals surface area (Å²) >= 11 is 0. The third-order valence-electron chi connectivity index (χ3n) is 3.44. The number of hydrogen-bond donors (Lipinski definition) is 2. The molecule has 0 bridgehead atoms. The van der Waals surface area contributed by atoms with Crippen molar-refractivity contribution in [1.82, 2.24) is 0 Å². The molecule has 2 nitrogen and oxygen atoms in total. The molecule has 0 heterocycles. The second-order valence-electron chi connectivity index (χ2n) is 4.54. The van der Waals surface area contributed by atoms with Crippen LogP contribution in [0.2, 0.25) is 0 Å². The Morgan fingerprint density at radius 2 is 1.82 bits per heavy atom. The summed E-state index contributed by atoms with van der Waals surface area (Å²) in [5.74, 6) is 0. The lowest BCUT2D eigenvalue weighted by Gasteiger charge is -2.10. The van der Waals surface area contributed by atoms with Gasteiger partial charge < -0.3 is 10.8 Å². The smallest absolute Gasteiger partial charge is 0.0624 e. The van der Waals surface area contributed by atoms with Crippen molar-refractivity contribution in [1.29, 1.82) is 0 Å². The van der Waals surface area contributed by atoms with Gasteiger partial charge in [-0.25, -0.2) is 0 Å². The van der Waals surface area contributed by atoms with E-state index in [2.05, 4.69) is 36.4 Å². The Labute approximate surface area is 101 Å². The highest BCUT2D eigenvalue weighted by molar-refractivity contribution is 5.76. The zero-order chi connectivity index (χ0) is 11.8. The molecule has 3 N–H and O–H groups in total. The molecule has 1 atom stereocenters. The molecule has 1 aliphatic carbocycles. The largest absolute Gasteiger partial charge is 0.394 e. The van der Waals surface area contributed by atoms with E-state index in [1.807, 2.05) is 6.07 Å². The maximum absolute atomic E-state index is 9.09. The zero-order valence-electron chi connectivity index (χ0n) is 9.56. The lowest BCUT2D eigenvalue weighted by atomic mass is 10.0. The highest BCUT2D eigenvalue weighted by atomic mass is 16.3. The first-order valence-corrected chi connectivity index (χ1v) is 5.87. The second-order valence-corrected chi connectivity index (χ2v) is 4.54. The molecule has 17 heavy (non-hydrogen) atoms. The first-order valence-electron chi connectivity index (χ1n) is 5.87. The van der Waals surface area contributed by atoms with E-state index in [1.165, 1.54) is 22.3 Å². The fraction of sp³-hybridized carbons (Fsp3) is 0.200. The van der Waals surface area contributed by atoms with Crippen molar-refractivity contribution >= 4 is 0 Å². The first-order chi connectivity index (χ1) is 8.29. The van der Waals surface area contributed by atoms with Crippen molar-refractivity contribution in [2.24, 2.45) is 5.73 Å². The second kappa shape index (κ2) is 3.99. The Hall–Kier alpha value is -1.64. The summed E-state index contributed by atoms with van der Waals surface area (Å²) < 4.78 is 0. The molecule has 0 aliphatic heterocycles. The van der Waals surface area contributed by atoms with Gasteiger partial charge in [-0.05, 0) is 34.2 Å². The molecular formula is C15H15NO. The third kappa shape index (κ3) is 1.66. The maximum atomic E-state index is 9.09. The van der Waals surface area contributed by atoms with Gasteiger partial charge in [-0.2, -0.15) is 0 Å². The summed E-state index contributed by atoms with van der Waals surface area (Å²) in [6, 6.07) is 14.5. The Morgan fingerprint density at radius 3 is 2.65 bits per heavy atom. The summed E-state index contributed by atoms with van der Waals surface area (Å²) in [6.07, 6.45) is 0.970. The molecule has 1 aliphatic rings. The molecule has 3 rings (SSSR count). The summed E-state index contributed by atoms with van der Waals surface area (Å²) in [5, 5.41) is 9.09. The molecule has 0 amide bonds. The van der Waals surface area contributed by atoms with Crippen LogP contribution >= 0.6 is 0 Å². The molecule has 86 valence electrons. The first kappa shape index (κ1) is 10.5. The van der Waals surface area contributed by atoms with Crippen LogP contribution in [0.4, 0.5) is 0 Å². The number of fused-ring (bicyclic) bond motifs is 3. The van der Waals surface area contributed by atoms with Crippen LogP contribution in [0.15, 0.2) is 42.5 Å². The van der Waals surface area contributed by atoms with Crippen LogP contribution in [-0.4, -0.2) is 11.7 Å². The predicted octanol–water partition coefficient (Wildman–Crippen LogP) is 2.25. The van der Waals surface area contributed by atoms with Crippen molar-refractivity contribution in [2.45, 2.75) is 12.5 Å². The number of aliphatic hydroxyl groups is 1. The van der Waals surface area contributed by atoms with E-state index in [0.29, 0.717) is 0 Å². The van der Waals surface area contributed by atoms with Gasteiger partial charge in [0.25, 0.3) is 0 Å². The van der Waals surface area contributed by atoms with Gasteiger partial charge in [-0.3, -0.25) is 0 Å². The number of benzene rings is 2. The van der Waals surface area contributed by atoms with E-state index >= 15 is 0 Å². The predicted molar refractivity (Wildman–Crippen MR) is 68.7 cm³/mol. The van der Waals surface area contributed by atoms with Crippen LogP contribution in [-0.2, 0) is 6.42 Å². The number of rotatable bonds is 2. The topological polar surface area (TPSA) is 46.2 Å². The fourth-order valence-corrected chi connectivity index (χ4v) is 2.50. The minimum Gasteiger partial charge on any atom is -0.394 e. The standard InChI is InChI=1S/C15H15NO/c16-15(9-17)11-5-6-14-12(8-11)7-10-3-1-2-4-13(10)14/h1-6,8,15,17H,7,9,16H2/t15-/m0/s1. The molecule has 2 heteroatoms.